The Labute approximate surface area is 89.8 Å². The van der Waals surface area contributed by atoms with Crippen LogP contribution in [0.2, 0.25) is 0 Å². The number of aliphatic carboxylic acids is 1. The molecule has 0 aromatic heterocycles. The number of carboxylic acids is 1. The Morgan fingerprint density at radius 2 is 2.20 bits per heavy atom. The average molecular weight is 214 g/mol. The minimum atomic E-state index is -0.864. The van der Waals surface area contributed by atoms with E-state index in [1.54, 1.807) is 18.0 Å². The Hall–Kier alpha value is -1.36. The Balaban J connectivity index is 3.79. The monoisotopic (exact) mass is 214 g/mol. The van der Waals surface area contributed by atoms with Crippen molar-refractivity contribution >= 4 is 11.9 Å². The zero-order valence-corrected chi connectivity index (χ0v) is 9.03. The second-order valence-electron chi connectivity index (χ2n) is 3.19. The lowest BCUT2D eigenvalue weighted by Crippen LogP contribution is -2.31. The van der Waals surface area contributed by atoms with Gasteiger partial charge in [-0.3, -0.25) is 14.5 Å². The van der Waals surface area contributed by atoms with Gasteiger partial charge in [0, 0.05) is 20.0 Å². The van der Waals surface area contributed by atoms with Crippen LogP contribution >= 0.6 is 0 Å². The van der Waals surface area contributed by atoms with Crippen LogP contribution in [0, 0.1) is 0 Å². The van der Waals surface area contributed by atoms with Crippen LogP contribution in [0.25, 0.3) is 0 Å². The first-order valence-electron chi connectivity index (χ1n) is 4.85. The molecule has 0 aliphatic carbocycles. The minimum absolute atomic E-state index is 0.0141. The molecule has 0 aromatic carbocycles. The standard InChI is InChI=1S/C10H18N2O3/c1-3-6-12(8-10(14)15)7-4-5-9(13)11-2/h3H,1,4-8H2,2H3,(H,11,13)(H,14,15). The fourth-order valence-electron chi connectivity index (χ4n) is 1.20. The van der Waals surface area contributed by atoms with Crippen LogP contribution in [-0.4, -0.2) is 48.6 Å². The first-order valence-corrected chi connectivity index (χ1v) is 4.85. The van der Waals surface area contributed by atoms with E-state index in [2.05, 4.69) is 11.9 Å². The van der Waals surface area contributed by atoms with Gasteiger partial charge >= 0.3 is 5.97 Å². The molecule has 86 valence electrons. The summed E-state index contributed by atoms with van der Waals surface area (Å²) in [6.45, 7) is 4.66. The Kier molecular flexibility index (Phi) is 7.27. The van der Waals surface area contributed by atoms with E-state index < -0.39 is 5.97 Å². The molecule has 0 aliphatic rings. The maximum absolute atomic E-state index is 10.9. The van der Waals surface area contributed by atoms with Gasteiger partial charge in [-0.05, 0) is 13.0 Å². The highest BCUT2D eigenvalue weighted by molar-refractivity contribution is 5.75. The van der Waals surface area contributed by atoms with Crippen molar-refractivity contribution in [3.63, 3.8) is 0 Å². The fraction of sp³-hybridized carbons (Fsp3) is 0.600. The van der Waals surface area contributed by atoms with Gasteiger partial charge in [0.2, 0.25) is 5.91 Å². The van der Waals surface area contributed by atoms with E-state index in [1.807, 2.05) is 0 Å². The lowest BCUT2D eigenvalue weighted by Gasteiger charge is -2.17. The van der Waals surface area contributed by atoms with E-state index >= 15 is 0 Å². The van der Waals surface area contributed by atoms with Crippen LogP contribution < -0.4 is 5.32 Å². The van der Waals surface area contributed by atoms with Crippen molar-refractivity contribution in [3.8, 4) is 0 Å². The molecule has 0 rings (SSSR count). The predicted octanol–water partition coefficient (Wildman–Crippen LogP) is 0.0852. The molecule has 0 radical (unpaired) electrons. The molecule has 0 bridgehead atoms. The molecule has 0 fully saturated rings. The molecule has 0 atom stereocenters. The third-order valence-electron chi connectivity index (χ3n) is 1.90. The Morgan fingerprint density at radius 1 is 1.53 bits per heavy atom. The van der Waals surface area contributed by atoms with E-state index in [0.717, 1.165) is 0 Å². The van der Waals surface area contributed by atoms with Crippen molar-refractivity contribution in [1.29, 1.82) is 0 Å². The third kappa shape index (κ3) is 7.69. The zero-order chi connectivity index (χ0) is 11.7. The second kappa shape index (κ2) is 7.99. The Morgan fingerprint density at radius 3 is 2.67 bits per heavy atom. The summed E-state index contributed by atoms with van der Waals surface area (Å²) in [6.07, 6.45) is 2.73. The summed E-state index contributed by atoms with van der Waals surface area (Å²) < 4.78 is 0. The van der Waals surface area contributed by atoms with Crippen LogP contribution in [0.15, 0.2) is 12.7 Å². The van der Waals surface area contributed by atoms with Crippen molar-refractivity contribution in [3.05, 3.63) is 12.7 Å². The molecule has 0 heterocycles. The molecule has 0 spiro atoms. The highest BCUT2D eigenvalue weighted by Crippen LogP contribution is 1.95. The number of nitrogens with zero attached hydrogens (tertiary/aromatic N) is 1. The van der Waals surface area contributed by atoms with Gasteiger partial charge < -0.3 is 10.4 Å². The maximum Gasteiger partial charge on any atom is 0.317 e. The van der Waals surface area contributed by atoms with Gasteiger partial charge in [-0.15, -0.1) is 6.58 Å². The van der Waals surface area contributed by atoms with E-state index in [9.17, 15) is 9.59 Å². The summed E-state index contributed by atoms with van der Waals surface area (Å²) in [5.74, 6) is -0.888. The predicted molar refractivity (Wildman–Crippen MR) is 57.6 cm³/mol. The number of carbonyl (C=O) groups excluding carboxylic acids is 1. The zero-order valence-electron chi connectivity index (χ0n) is 9.03. The highest BCUT2D eigenvalue weighted by atomic mass is 16.4. The number of hydrogen-bond donors (Lipinski definition) is 2. The Bertz CT molecular complexity index is 229. The number of hydrogen-bond acceptors (Lipinski definition) is 3. The largest absolute Gasteiger partial charge is 0.480 e. The summed E-state index contributed by atoms with van der Waals surface area (Å²) in [7, 11) is 1.58. The fourth-order valence-corrected chi connectivity index (χ4v) is 1.20. The van der Waals surface area contributed by atoms with Gasteiger partial charge in [0.05, 0.1) is 6.54 Å². The smallest absolute Gasteiger partial charge is 0.317 e. The number of nitrogens with one attached hydrogen (secondary N) is 1. The van der Waals surface area contributed by atoms with E-state index in [1.165, 1.54) is 0 Å². The van der Waals surface area contributed by atoms with E-state index in [0.29, 0.717) is 25.9 Å². The molecule has 5 nitrogen and oxygen atoms in total. The minimum Gasteiger partial charge on any atom is -0.480 e. The molecule has 2 N–H and O–H groups in total. The number of carboxylic acid groups (broad SMARTS) is 1. The molecule has 0 saturated heterocycles. The van der Waals surface area contributed by atoms with Gasteiger partial charge in [0.25, 0.3) is 0 Å². The van der Waals surface area contributed by atoms with Crippen LogP contribution in [0.1, 0.15) is 12.8 Å². The summed E-state index contributed by atoms with van der Waals surface area (Å²) in [5, 5.41) is 11.1. The summed E-state index contributed by atoms with van der Waals surface area (Å²) in [5.41, 5.74) is 0. The highest BCUT2D eigenvalue weighted by Gasteiger charge is 2.08. The summed E-state index contributed by atoms with van der Waals surface area (Å²) in [4.78, 5) is 23.1. The van der Waals surface area contributed by atoms with Crippen LogP contribution in [0.4, 0.5) is 0 Å². The number of carbonyl (C=O) groups is 2. The second-order valence-corrected chi connectivity index (χ2v) is 3.19. The molecule has 0 saturated carbocycles. The molecule has 5 heteroatoms. The lowest BCUT2D eigenvalue weighted by atomic mass is 10.2. The molecule has 0 aromatic rings. The van der Waals surface area contributed by atoms with E-state index in [-0.39, 0.29) is 12.5 Å². The summed E-state index contributed by atoms with van der Waals surface area (Å²) in [6, 6.07) is 0. The maximum atomic E-state index is 10.9. The SMILES string of the molecule is C=CCN(CCCC(=O)NC)CC(=O)O. The molecule has 0 aliphatic heterocycles. The molecular formula is C10H18N2O3. The first-order chi connectivity index (χ1) is 7.10. The van der Waals surface area contributed by atoms with Crippen LogP contribution in [0.5, 0.6) is 0 Å². The molecular weight excluding hydrogens is 196 g/mol. The average Bonchev–Trinajstić information content (AvgIpc) is 2.16. The van der Waals surface area contributed by atoms with Crippen molar-refractivity contribution in [2.75, 3.05) is 26.7 Å². The molecule has 0 unspecified atom stereocenters. The molecule has 1 amide bonds. The van der Waals surface area contributed by atoms with Crippen molar-refractivity contribution in [2.24, 2.45) is 0 Å². The van der Waals surface area contributed by atoms with Gasteiger partial charge in [-0.2, -0.15) is 0 Å². The normalized spacial score (nSPS) is 10.0. The lowest BCUT2D eigenvalue weighted by molar-refractivity contribution is -0.138. The number of rotatable bonds is 8. The van der Waals surface area contributed by atoms with Crippen molar-refractivity contribution in [1.82, 2.24) is 10.2 Å². The van der Waals surface area contributed by atoms with Gasteiger partial charge in [-0.25, -0.2) is 0 Å². The molecule has 15 heavy (non-hydrogen) atoms. The van der Waals surface area contributed by atoms with E-state index in [4.69, 9.17) is 5.11 Å². The van der Waals surface area contributed by atoms with Crippen LogP contribution in [0.3, 0.4) is 0 Å². The number of amides is 1. The third-order valence-corrected chi connectivity index (χ3v) is 1.90. The van der Waals surface area contributed by atoms with Gasteiger partial charge in [0.1, 0.15) is 0 Å². The van der Waals surface area contributed by atoms with Crippen LogP contribution in [-0.2, 0) is 9.59 Å². The van der Waals surface area contributed by atoms with Gasteiger partial charge in [-0.1, -0.05) is 6.08 Å². The van der Waals surface area contributed by atoms with Gasteiger partial charge in [0.15, 0.2) is 0 Å². The first kappa shape index (κ1) is 13.6. The van der Waals surface area contributed by atoms with Crippen molar-refractivity contribution < 1.29 is 14.7 Å². The quantitative estimate of drug-likeness (QED) is 0.562. The van der Waals surface area contributed by atoms with Crippen molar-refractivity contribution in [2.45, 2.75) is 12.8 Å². The topological polar surface area (TPSA) is 69.6 Å². The summed E-state index contributed by atoms with van der Waals surface area (Å²) >= 11 is 0.